The normalized spacial score (nSPS) is 15.7. The summed E-state index contributed by atoms with van der Waals surface area (Å²) < 4.78 is 59.9. The van der Waals surface area contributed by atoms with E-state index in [1.807, 2.05) is 0 Å². The van der Waals surface area contributed by atoms with Gasteiger partial charge in [-0.3, -0.25) is 0 Å². The van der Waals surface area contributed by atoms with E-state index in [9.17, 15) is 25.9 Å². The topological polar surface area (TPSA) is 155 Å². The van der Waals surface area contributed by atoms with Crippen LogP contribution in [0.2, 0.25) is 0 Å². The van der Waals surface area contributed by atoms with Crippen molar-refractivity contribution in [3.05, 3.63) is 0 Å². The molecule has 0 aromatic rings. The summed E-state index contributed by atoms with van der Waals surface area (Å²) in [5.74, 6) is 0. The maximum atomic E-state index is 9.98. The Morgan fingerprint density at radius 2 is 1.07 bits per heavy atom. The summed E-state index contributed by atoms with van der Waals surface area (Å²) in [4.78, 5) is 0. The van der Waals surface area contributed by atoms with Crippen LogP contribution in [0.15, 0.2) is 0 Å². The summed E-state index contributed by atoms with van der Waals surface area (Å²) in [5.41, 5.74) is -5.21. The van der Waals surface area contributed by atoms with E-state index in [4.69, 9.17) is 10.2 Å². The van der Waals surface area contributed by atoms with Gasteiger partial charge >= 0.3 is 59.1 Å². The van der Waals surface area contributed by atoms with E-state index in [0.29, 0.717) is 0 Å². The van der Waals surface area contributed by atoms with Gasteiger partial charge in [-0.25, -0.2) is 16.8 Å². The molecule has 12 heteroatoms. The maximum Gasteiger partial charge on any atom is 1.00 e. The van der Waals surface area contributed by atoms with E-state index in [0.717, 1.165) is 0 Å². The fraction of sp³-hybridized carbons (Fsp3) is 1.00. The maximum absolute atomic E-state index is 9.98. The molecule has 0 spiro atoms. The quantitative estimate of drug-likeness (QED) is 0.380. The van der Waals surface area contributed by atoms with Gasteiger partial charge in [0, 0.05) is 6.42 Å². The van der Waals surface area contributed by atoms with E-state index < -0.39 is 37.5 Å². The minimum atomic E-state index is -5.12. The van der Waals surface area contributed by atoms with Crippen LogP contribution < -0.4 is 59.1 Å². The SMILES string of the molecule is O=S(=O)([O-])C(O)CC(O)S(=O)(=O)[O-].[Na+].[Na+]. The van der Waals surface area contributed by atoms with E-state index in [1.165, 1.54) is 0 Å². The van der Waals surface area contributed by atoms with Gasteiger partial charge in [-0.15, -0.1) is 0 Å². The first-order valence-corrected chi connectivity index (χ1v) is 5.75. The Bertz CT molecular complexity index is 323. The third kappa shape index (κ3) is 9.44. The monoisotopic (exact) mass is 280 g/mol. The van der Waals surface area contributed by atoms with Crippen LogP contribution in [0.1, 0.15) is 6.42 Å². The molecule has 2 atom stereocenters. The predicted molar refractivity (Wildman–Crippen MR) is 36.0 cm³/mol. The molecule has 2 N–H and O–H groups in total. The third-order valence-corrected chi connectivity index (χ3v) is 2.79. The number of hydrogen-bond donors (Lipinski definition) is 2. The molecule has 0 saturated carbocycles. The van der Waals surface area contributed by atoms with Crippen LogP contribution in [-0.2, 0) is 20.2 Å². The van der Waals surface area contributed by atoms with Gasteiger partial charge in [0.25, 0.3) is 0 Å². The number of hydrogen-bond acceptors (Lipinski definition) is 8. The van der Waals surface area contributed by atoms with Gasteiger partial charge in [0.15, 0.2) is 0 Å². The molecule has 15 heavy (non-hydrogen) atoms. The Morgan fingerprint density at radius 3 is 1.20 bits per heavy atom. The number of aliphatic hydroxyl groups excluding tert-OH is 2. The average Bonchev–Trinajstić information content (AvgIpc) is 1.82. The molecule has 0 aromatic carbocycles. The van der Waals surface area contributed by atoms with Crippen molar-refractivity contribution in [3.63, 3.8) is 0 Å². The first kappa shape index (κ1) is 22.0. The minimum absolute atomic E-state index is 0. The van der Waals surface area contributed by atoms with Crippen molar-refractivity contribution in [1.29, 1.82) is 0 Å². The second kappa shape index (κ2) is 7.95. The Balaban J connectivity index is -0.000000720. The molecular formula is C3H6Na2O8S2. The molecule has 0 fully saturated rings. The molecule has 0 heterocycles. The summed E-state index contributed by atoms with van der Waals surface area (Å²) in [7, 11) is -10.2. The fourth-order valence-electron chi connectivity index (χ4n) is 0.408. The average molecular weight is 280 g/mol. The molecule has 0 aliphatic rings. The summed E-state index contributed by atoms with van der Waals surface area (Å²) in [6.45, 7) is 0. The smallest absolute Gasteiger partial charge is 0.746 e. The van der Waals surface area contributed by atoms with Crippen LogP contribution in [-0.4, -0.2) is 47.0 Å². The molecule has 0 bridgehead atoms. The van der Waals surface area contributed by atoms with E-state index in [1.54, 1.807) is 0 Å². The van der Waals surface area contributed by atoms with E-state index in [2.05, 4.69) is 0 Å². The minimum Gasteiger partial charge on any atom is -0.746 e. The summed E-state index contributed by atoms with van der Waals surface area (Å²) in [5, 5.41) is 16.9. The Kier molecular flexibility index (Phi) is 11.6. The van der Waals surface area contributed by atoms with Crippen LogP contribution in [0.4, 0.5) is 0 Å². The predicted octanol–water partition coefficient (Wildman–Crippen LogP) is -8.89. The second-order valence-corrected chi connectivity index (χ2v) is 5.19. The number of aliphatic hydroxyl groups is 2. The molecule has 0 aromatic heterocycles. The largest absolute Gasteiger partial charge is 1.00 e. The van der Waals surface area contributed by atoms with Gasteiger partial charge in [-0.05, 0) is 0 Å². The molecule has 80 valence electrons. The van der Waals surface area contributed by atoms with Gasteiger partial charge in [-0.2, -0.15) is 0 Å². The van der Waals surface area contributed by atoms with Gasteiger partial charge in [-0.1, -0.05) is 0 Å². The van der Waals surface area contributed by atoms with Gasteiger partial charge in [0.2, 0.25) is 0 Å². The Morgan fingerprint density at radius 1 is 0.867 bits per heavy atom. The molecule has 0 rings (SSSR count). The van der Waals surface area contributed by atoms with Crippen molar-refractivity contribution in [1.82, 2.24) is 0 Å². The van der Waals surface area contributed by atoms with Crippen molar-refractivity contribution >= 4 is 20.2 Å². The molecule has 8 nitrogen and oxygen atoms in total. The molecule has 0 aliphatic carbocycles. The Hall–Kier alpha value is 1.74. The van der Waals surface area contributed by atoms with Crippen molar-refractivity contribution < 1.29 is 95.3 Å². The Labute approximate surface area is 131 Å². The molecule has 0 radical (unpaired) electrons. The van der Waals surface area contributed by atoms with E-state index >= 15 is 0 Å². The summed E-state index contributed by atoms with van der Waals surface area (Å²) in [6, 6.07) is 0. The van der Waals surface area contributed by atoms with Gasteiger partial charge in [0.1, 0.15) is 31.1 Å². The summed E-state index contributed by atoms with van der Waals surface area (Å²) in [6.07, 6.45) is -1.35. The molecular weight excluding hydrogens is 274 g/mol. The van der Waals surface area contributed by atoms with Crippen LogP contribution in [0.25, 0.3) is 0 Å². The zero-order valence-corrected chi connectivity index (χ0v) is 13.7. The molecule has 0 saturated heterocycles. The van der Waals surface area contributed by atoms with Gasteiger partial charge in [0.05, 0.1) is 0 Å². The van der Waals surface area contributed by atoms with E-state index in [-0.39, 0.29) is 59.1 Å². The van der Waals surface area contributed by atoms with Crippen LogP contribution in [0.3, 0.4) is 0 Å². The van der Waals surface area contributed by atoms with Gasteiger partial charge < -0.3 is 19.3 Å². The molecule has 0 amide bonds. The van der Waals surface area contributed by atoms with Crippen molar-refractivity contribution in [2.75, 3.05) is 0 Å². The first-order chi connectivity index (χ1) is 5.55. The summed E-state index contributed by atoms with van der Waals surface area (Å²) >= 11 is 0. The number of rotatable bonds is 4. The molecule has 0 aliphatic heterocycles. The molecule has 2 unspecified atom stereocenters. The van der Waals surface area contributed by atoms with Crippen molar-refractivity contribution in [2.24, 2.45) is 0 Å². The third-order valence-electron chi connectivity index (χ3n) is 1.07. The van der Waals surface area contributed by atoms with Crippen molar-refractivity contribution in [2.45, 2.75) is 17.3 Å². The standard InChI is InChI=1S/C3H8O8S2.2Na/c4-2(12(6,7)8)1-3(5)13(9,10)11;;/h2-5H,1H2,(H,6,7,8)(H,9,10,11);;/q;2*+1/p-2. The zero-order chi connectivity index (χ0) is 10.9. The second-order valence-electron chi connectivity index (χ2n) is 2.13. The van der Waals surface area contributed by atoms with Crippen LogP contribution >= 0.6 is 0 Å². The first-order valence-electron chi connectivity index (χ1n) is 2.80. The van der Waals surface area contributed by atoms with Crippen LogP contribution in [0.5, 0.6) is 0 Å². The zero-order valence-electron chi connectivity index (χ0n) is 8.02. The fourth-order valence-corrected chi connectivity index (χ4v) is 1.37. The van der Waals surface area contributed by atoms with Crippen molar-refractivity contribution in [3.8, 4) is 0 Å². The van der Waals surface area contributed by atoms with Crippen LogP contribution in [0, 0.1) is 0 Å².